The zero-order chi connectivity index (χ0) is 14.9. The SMILES string of the molecule is Cc1sc2nc(CNCC(O)C(F)F)[nH]c(=O)c2c1C. The fourth-order valence-corrected chi connectivity index (χ4v) is 2.86. The van der Waals surface area contributed by atoms with Gasteiger partial charge in [-0.05, 0) is 19.4 Å². The molecular weight excluding hydrogens is 288 g/mol. The van der Waals surface area contributed by atoms with Crippen molar-refractivity contribution in [2.75, 3.05) is 6.54 Å². The number of hydrogen-bond donors (Lipinski definition) is 3. The number of H-pyrrole nitrogens is 1. The summed E-state index contributed by atoms with van der Waals surface area (Å²) >= 11 is 1.42. The molecular formula is C12H15F2N3O2S. The molecule has 2 aromatic heterocycles. The van der Waals surface area contributed by atoms with Crippen LogP contribution in [0.15, 0.2) is 4.79 Å². The number of nitrogens with one attached hydrogen (secondary N) is 2. The molecule has 0 bridgehead atoms. The molecule has 0 aliphatic heterocycles. The van der Waals surface area contributed by atoms with Crippen molar-refractivity contribution >= 4 is 21.6 Å². The van der Waals surface area contributed by atoms with Crippen molar-refractivity contribution in [2.45, 2.75) is 32.9 Å². The van der Waals surface area contributed by atoms with Crippen LogP contribution >= 0.6 is 11.3 Å². The number of rotatable bonds is 5. The van der Waals surface area contributed by atoms with Gasteiger partial charge in [-0.1, -0.05) is 0 Å². The van der Waals surface area contributed by atoms with Crippen molar-refractivity contribution in [3.63, 3.8) is 0 Å². The maximum absolute atomic E-state index is 12.1. The van der Waals surface area contributed by atoms with Crippen LogP contribution in [-0.4, -0.2) is 34.1 Å². The molecule has 3 N–H and O–H groups in total. The Labute approximate surface area is 117 Å². The minimum atomic E-state index is -2.79. The summed E-state index contributed by atoms with van der Waals surface area (Å²) in [6.07, 6.45) is -4.52. The highest BCUT2D eigenvalue weighted by Gasteiger charge is 2.16. The van der Waals surface area contributed by atoms with E-state index in [4.69, 9.17) is 5.11 Å². The van der Waals surface area contributed by atoms with Gasteiger partial charge in [0, 0.05) is 11.4 Å². The molecule has 0 aliphatic rings. The molecule has 2 heterocycles. The van der Waals surface area contributed by atoms with E-state index in [0.717, 1.165) is 10.4 Å². The lowest BCUT2D eigenvalue weighted by Gasteiger charge is -2.10. The predicted molar refractivity (Wildman–Crippen MR) is 73.4 cm³/mol. The molecule has 1 atom stereocenters. The van der Waals surface area contributed by atoms with E-state index in [1.165, 1.54) is 11.3 Å². The van der Waals surface area contributed by atoms with E-state index in [1.54, 1.807) is 0 Å². The Morgan fingerprint density at radius 3 is 2.80 bits per heavy atom. The van der Waals surface area contributed by atoms with Gasteiger partial charge in [0.05, 0.1) is 11.9 Å². The van der Waals surface area contributed by atoms with E-state index >= 15 is 0 Å². The molecule has 0 aromatic carbocycles. The average Bonchev–Trinajstić information content (AvgIpc) is 2.65. The van der Waals surface area contributed by atoms with E-state index in [1.807, 2.05) is 13.8 Å². The van der Waals surface area contributed by atoms with E-state index in [-0.39, 0.29) is 18.6 Å². The van der Waals surface area contributed by atoms with Crippen LogP contribution in [0.25, 0.3) is 10.2 Å². The van der Waals surface area contributed by atoms with Gasteiger partial charge in [-0.3, -0.25) is 4.79 Å². The lowest BCUT2D eigenvalue weighted by atomic mass is 10.2. The molecule has 0 aliphatic carbocycles. The molecule has 0 radical (unpaired) electrons. The number of aromatic nitrogens is 2. The van der Waals surface area contributed by atoms with Gasteiger partial charge in [0.15, 0.2) is 0 Å². The molecule has 0 amide bonds. The third kappa shape index (κ3) is 3.02. The van der Waals surface area contributed by atoms with Gasteiger partial charge in [-0.25, -0.2) is 13.8 Å². The zero-order valence-electron chi connectivity index (χ0n) is 11.0. The fraction of sp³-hybridized carbons (Fsp3) is 0.500. The topological polar surface area (TPSA) is 78.0 Å². The van der Waals surface area contributed by atoms with E-state index < -0.39 is 12.5 Å². The first-order valence-electron chi connectivity index (χ1n) is 6.06. The van der Waals surface area contributed by atoms with Crippen LogP contribution in [0, 0.1) is 13.8 Å². The Kier molecular flexibility index (Phi) is 4.46. The van der Waals surface area contributed by atoms with Crippen molar-refractivity contribution in [3.8, 4) is 0 Å². The molecule has 2 aromatic rings. The number of halogens is 2. The van der Waals surface area contributed by atoms with Crippen molar-refractivity contribution in [1.29, 1.82) is 0 Å². The summed E-state index contributed by atoms with van der Waals surface area (Å²) in [5.41, 5.74) is 0.675. The third-order valence-electron chi connectivity index (χ3n) is 3.02. The summed E-state index contributed by atoms with van der Waals surface area (Å²) in [4.78, 5) is 20.5. The summed E-state index contributed by atoms with van der Waals surface area (Å²) in [5, 5.41) is 12.2. The van der Waals surface area contributed by atoms with E-state index in [9.17, 15) is 13.6 Å². The second kappa shape index (κ2) is 5.94. The van der Waals surface area contributed by atoms with Gasteiger partial charge >= 0.3 is 0 Å². The Balaban J connectivity index is 2.14. The van der Waals surface area contributed by atoms with Crippen LogP contribution in [0.3, 0.4) is 0 Å². The van der Waals surface area contributed by atoms with Crippen molar-refractivity contribution in [3.05, 3.63) is 26.6 Å². The van der Waals surface area contributed by atoms with E-state index in [0.29, 0.717) is 16.0 Å². The number of fused-ring (bicyclic) bond motifs is 1. The molecule has 0 saturated carbocycles. The van der Waals surface area contributed by atoms with Gasteiger partial charge in [0.1, 0.15) is 16.8 Å². The van der Waals surface area contributed by atoms with E-state index in [2.05, 4.69) is 15.3 Å². The monoisotopic (exact) mass is 303 g/mol. The van der Waals surface area contributed by atoms with Gasteiger partial charge in [0.25, 0.3) is 12.0 Å². The highest BCUT2D eigenvalue weighted by molar-refractivity contribution is 7.18. The van der Waals surface area contributed by atoms with Gasteiger partial charge in [-0.15, -0.1) is 11.3 Å². The number of nitrogens with zero attached hydrogens (tertiary/aromatic N) is 1. The first-order chi connectivity index (χ1) is 9.40. The van der Waals surface area contributed by atoms with Gasteiger partial charge in [0.2, 0.25) is 0 Å². The number of alkyl halides is 2. The van der Waals surface area contributed by atoms with Crippen LogP contribution in [0.1, 0.15) is 16.3 Å². The Morgan fingerprint density at radius 2 is 2.15 bits per heavy atom. The van der Waals surface area contributed by atoms with Crippen LogP contribution in [0.2, 0.25) is 0 Å². The molecule has 5 nitrogen and oxygen atoms in total. The van der Waals surface area contributed by atoms with Crippen molar-refractivity contribution < 1.29 is 13.9 Å². The van der Waals surface area contributed by atoms with Crippen molar-refractivity contribution in [1.82, 2.24) is 15.3 Å². The lowest BCUT2D eigenvalue weighted by molar-refractivity contribution is -0.00348. The molecule has 110 valence electrons. The number of aliphatic hydroxyl groups is 1. The Morgan fingerprint density at radius 1 is 1.45 bits per heavy atom. The molecule has 20 heavy (non-hydrogen) atoms. The summed E-state index contributed by atoms with van der Waals surface area (Å²) in [6.45, 7) is 3.63. The van der Waals surface area contributed by atoms with Crippen LogP contribution in [0.5, 0.6) is 0 Å². The minimum Gasteiger partial charge on any atom is -0.386 e. The Bertz CT molecular complexity index is 669. The standard InChI is InChI=1S/C12H15F2N3O2S/c1-5-6(2)20-12-9(5)11(19)16-8(17-12)4-15-3-7(18)10(13)14/h7,10,15,18H,3-4H2,1-2H3,(H,16,17,19). The summed E-state index contributed by atoms with van der Waals surface area (Å²) < 4.78 is 24.2. The summed E-state index contributed by atoms with van der Waals surface area (Å²) in [7, 11) is 0. The molecule has 0 spiro atoms. The summed E-state index contributed by atoms with van der Waals surface area (Å²) in [6, 6.07) is 0. The smallest absolute Gasteiger partial charge is 0.265 e. The fourth-order valence-electron chi connectivity index (χ4n) is 1.81. The first-order valence-corrected chi connectivity index (χ1v) is 6.87. The second-order valence-corrected chi connectivity index (χ2v) is 5.71. The Hall–Kier alpha value is -1.38. The third-order valence-corrected chi connectivity index (χ3v) is 4.13. The average molecular weight is 303 g/mol. The normalized spacial score (nSPS) is 13.3. The van der Waals surface area contributed by atoms with Gasteiger partial charge < -0.3 is 15.4 Å². The number of hydrogen-bond acceptors (Lipinski definition) is 5. The van der Waals surface area contributed by atoms with Crippen LogP contribution in [-0.2, 0) is 6.54 Å². The first kappa shape index (κ1) is 15.0. The predicted octanol–water partition coefficient (Wildman–Crippen LogP) is 1.32. The molecule has 0 saturated heterocycles. The number of thiophene rings is 1. The molecule has 8 heteroatoms. The van der Waals surface area contributed by atoms with Crippen molar-refractivity contribution in [2.24, 2.45) is 0 Å². The van der Waals surface area contributed by atoms with Gasteiger partial charge in [-0.2, -0.15) is 0 Å². The molecule has 2 rings (SSSR count). The zero-order valence-corrected chi connectivity index (χ0v) is 11.9. The molecule has 0 fully saturated rings. The lowest BCUT2D eigenvalue weighted by Crippen LogP contribution is -2.32. The minimum absolute atomic E-state index is 0.116. The second-order valence-electron chi connectivity index (χ2n) is 4.51. The summed E-state index contributed by atoms with van der Waals surface area (Å²) in [5.74, 6) is 0.366. The largest absolute Gasteiger partial charge is 0.386 e. The highest BCUT2D eigenvalue weighted by atomic mass is 32.1. The maximum atomic E-state index is 12.1. The number of aromatic amines is 1. The number of aliphatic hydroxyl groups excluding tert-OH is 1. The number of aryl methyl sites for hydroxylation is 2. The maximum Gasteiger partial charge on any atom is 0.265 e. The molecule has 1 unspecified atom stereocenters. The van der Waals surface area contributed by atoms with Crippen LogP contribution < -0.4 is 10.9 Å². The quantitative estimate of drug-likeness (QED) is 0.778. The highest BCUT2D eigenvalue weighted by Crippen LogP contribution is 2.25. The van der Waals surface area contributed by atoms with Crippen LogP contribution in [0.4, 0.5) is 8.78 Å².